The second kappa shape index (κ2) is 7.28. The first kappa shape index (κ1) is 19.3. The number of nitrogens with zero attached hydrogens (tertiary/aromatic N) is 1. The Morgan fingerprint density at radius 1 is 0.963 bits per heavy atom. The Balaban J connectivity index is 1.69. The Bertz CT molecular complexity index is 1020. The molecular weight excluding hydrogens is 419 g/mol. The van der Waals surface area contributed by atoms with Crippen LogP contribution in [0.5, 0.6) is 0 Å². The van der Waals surface area contributed by atoms with E-state index in [1.807, 2.05) is 4.72 Å². The number of carbonyl (C=O) groups is 3. The minimum atomic E-state index is -4.23. The number of fused-ring (bicyclic) bond motifs is 1. The summed E-state index contributed by atoms with van der Waals surface area (Å²) < 4.78 is 26.5. The van der Waals surface area contributed by atoms with E-state index in [4.69, 9.17) is 28.0 Å². The van der Waals surface area contributed by atoms with E-state index in [1.54, 1.807) is 12.1 Å². The molecule has 140 valence electrons. The first-order valence-corrected chi connectivity index (χ1v) is 9.58. The number of rotatable bonds is 5. The summed E-state index contributed by atoms with van der Waals surface area (Å²) in [5.74, 6) is -2.81. The predicted octanol–water partition coefficient (Wildman–Crippen LogP) is 2.03. The van der Waals surface area contributed by atoms with Crippen molar-refractivity contribution >= 4 is 51.0 Å². The molecule has 2 aromatic rings. The molecule has 0 unspecified atom stereocenters. The van der Waals surface area contributed by atoms with E-state index in [0.717, 1.165) is 0 Å². The lowest BCUT2D eigenvalue weighted by molar-refractivity contribution is -0.166. The van der Waals surface area contributed by atoms with Crippen molar-refractivity contribution in [2.24, 2.45) is 0 Å². The monoisotopic (exact) mass is 428 g/mol. The summed E-state index contributed by atoms with van der Waals surface area (Å²) in [6.07, 6.45) is 0. The normalized spacial score (nSPS) is 13.6. The standard InChI is InChI=1S/C16H10Cl2N2O6S/c17-11-6-3-7-12(18)14(11)27(24,25)19-8-13(21)26-20-15(22)9-4-1-2-5-10(9)16(20)23/h1-7,19H,8H2. The molecule has 1 N–H and O–H groups in total. The van der Waals surface area contributed by atoms with Crippen molar-refractivity contribution < 1.29 is 27.6 Å². The molecule has 2 aromatic carbocycles. The van der Waals surface area contributed by atoms with Crippen molar-refractivity contribution in [2.45, 2.75) is 4.90 Å². The van der Waals surface area contributed by atoms with Crippen LogP contribution in [0.3, 0.4) is 0 Å². The molecule has 0 saturated heterocycles. The molecule has 0 aliphatic carbocycles. The summed E-state index contributed by atoms with van der Waals surface area (Å²) in [7, 11) is -4.23. The van der Waals surface area contributed by atoms with Crippen LogP contribution in [-0.2, 0) is 19.7 Å². The lowest BCUT2D eigenvalue weighted by Gasteiger charge is -2.13. The highest BCUT2D eigenvalue weighted by atomic mass is 35.5. The molecule has 0 radical (unpaired) electrons. The van der Waals surface area contributed by atoms with Gasteiger partial charge in [-0.1, -0.05) is 46.5 Å². The van der Waals surface area contributed by atoms with Crippen molar-refractivity contribution in [1.82, 2.24) is 9.79 Å². The Labute approximate surface area is 163 Å². The molecule has 0 saturated carbocycles. The Hall–Kier alpha value is -2.46. The van der Waals surface area contributed by atoms with Crippen LogP contribution in [0, 0.1) is 0 Å². The summed E-state index contributed by atoms with van der Waals surface area (Å²) in [5.41, 5.74) is 0.164. The second-order valence-electron chi connectivity index (χ2n) is 5.29. The van der Waals surface area contributed by atoms with Crippen LogP contribution < -0.4 is 4.72 Å². The number of sulfonamides is 1. The SMILES string of the molecule is O=C(CNS(=O)(=O)c1c(Cl)cccc1Cl)ON1C(=O)c2ccccc2C1=O. The molecule has 0 spiro atoms. The molecule has 2 amide bonds. The van der Waals surface area contributed by atoms with Crippen LogP contribution >= 0.6 is 23.2 Å². The highest BCUT2D eigenvalue weighted by molar-refractivity contribution is 7.89. The molecular formula is C16H10Cl2N2O6S. The number of imide groups is 1. The van der Waals surface area contributed by atoms with Gasteiger partial charge < -0.3 is 4.84 Å². The minimum Gasteiger partial charge on any atom is -0.328 e. The molecule has 0 atom stereocenters. The van der Waals surface area contributed by atoms with E-state index < -0.39 is 39.2 Å². The second-order valence-corrected chi connectivity index (χ2v) is 7.81. The molecule has 3 rings (SSSR count). The molecule has 0 aromatic heterocycles. The molecule has 0 bridgehead atoms. The molecule has 27 heavy (non-hydrogen) atoms. The molecule has 11 heteroatoms. The van der Waals surface area contributed by atoms with Crippen LogP contribution in [0.25, 0.3) is 0 Å². The number of hydrogen-bond donors (Lipinski definition) is 1. The van der Waals surface area contributed by atoms with Gasteiger partial charge in [0.25, 0.3) is 11.8 Å². The van der Waals surface area contributed by atoms with E-state index in [9.17, 15) is 22.8 Å². The maximum atomic E-state index is 12.3. The highest BCUT2D eigenvalue weighted by Crippen LogP contribution is 2.28. The van der Waals surface area contributed by atoms with Crippen molar-refractivity contribution in [3.8, 4) is 0 Å². The molecule has 1 aliphatic heterocycles. The van der Waals surface area contributed by atoms with Crippen molar-refractivity contribution in [2.75, 3.05) is 6.54 Å². The number of benzene rings is 2. The van der Waals surface area contributed by atoms with Gasteiger partial charge in [0, 0.05) is 0 Å². The largest absolute Gasteiger partial charge is 0.347 e. The molecule has 8 nitrogen and oxygen atoms in total. The van der Waals surface area contributed by atoms with Crippen molar-refractivity contribution in [3.63, 3.8) is 0 Å². The summed E-state index contributed by atoms with van der Waals surface area (Å²) >= 11 is 11.7. The first-order valence-electron chi connectivity index (χ1n) is 7.34. The Morgan fingerprint density at radius 2 is 1.48 bits per heavy atom. The fraction of sp³-hybridized carbons (Fsp3) is 0.0625. The first-order chi connectivity index (χ1) is 12.7. The zero-order valence-electron chi connectivity index (χ0n) is 13.3. The van der Waals surface area contributed by atoms with Crippen LogP contribution in [0.1, 0.15) is 20.7 Å². The van der Waals surface area contributed by atoms with Gasteiger partial charge >= 0.3 is 5.97 Å². The number of hydrogen-bond acceptors (Lipinski definition) is 6. The Kier molecular flexibility index (Phi) is 5.20. The van der Waals surface area contributed by atoms with Crippen LogP contribution in [0.4, 0.5) is 0 Å². The van der Waals surface area contributed by atoms with E-state index >= 15 is 0 Å². The summed E-state index contributed by atoms with van der Waals surface area (Å²) in [4.78, 5) is 40.5. The highest BCUT2D eigenvalue weighted by Gasteiger charge is 2.38. The molecule has 0 fully saturated rings. The molecule has 1 aliphatic rings. The number of halogens is 2. The van der Waals surface area contributed by atoms with Gasteiger partial charge in [-0.25, -0.2) is 13.2 Å². The van der Waals surface area contributed by atoms with Crippen LogP contribution in [-0.4, -0.2) is 37.8 Å². The third-order valence-corrected chi connectivity index (χ3v) is 5.90. The van der Waals surface area contributed by atoms with Crippen LogP contribution in [0.15, 0.2) is 47.4 Å². The van der Waals surface area contributed by atoms with E-state index in [2.05, 4.69) is 0 Å². The summed E-state index contributed by atoms with van der Waals surface area (Å²) in [6, 6.07) is 10.0. The predicted molar refractivity (Wildman–Crippen MR) is 94.7 cm³/mol. The number of carbonyl (C=O) groups excluding carboxylic acids is 3. The minimum absolute atomic E-state index is 0.0822. The average Bonchev–Trinajstić information content (AvgIpc) is 2.85. The zero-order valence-corrected chi connectivity index (χ0v) is 15.6. The van der Waals surface area contributed by atoms with Gasteiger partial charge in [-0.3, -0.25) is 9.59 Å². The zero-order chi connectivity index (χ0) is 19.8. The van der Waals surface area contributed by atoms with Crippen LogP contribution in [0.2, 0.25) is 10.0 Å². The number of amides is 2. The van der Waals surface area contributed by atoms with Gasteiger partial charge in [-0.15, -0.1) is 0 Å². The third kappa shape index (κ3) is 3.67. The maximum absolute atomic E-state index is 12.3. The fourth-order valence-corrected chi connectivity index (χ4v) is 4.46. The summed E-state index contributed by atoms with van der Waals surface area (Å²) in [6.45, 7) is -0.850. The van der Waals surface area contributed by atoms with E-state index in [-0.39, 0.29) is 26.2 Å². The third-order valence-electron chi connectivity index (χ3n) is 3.54. The smallest absolute Gasteiger partial charge is 0.328 e. The van der Waals surface area contributed by atoms with Gasteiger partial charge in [0.2, 0.25) is 10.0 Å². The van der Waals surface area contributed by atoms with Gasteiger partial charge in [0.05, 0.1) is 21.2 Å². The Morgan fingerprint density at radius 3 is 2.00 bits per heavy atom. The number of nitrogens with one attached hydrogen (secondary N) is 1. The molecule has 1 heterocycles. The lowest BCUT2D eigenvalue weighted by Crippen LogP contribution is -2.38. The van der Waals surface area contributed by atoms with Gasteiger partial charge in [0.15, 0.2) is 0 Å². The number of hydroxylamine groups is 2. The van der Waals surface area contributed by atoms with Crippen molar-refractivity contribution in [3.05, 3.63) is 63.6 Å². The lowest BCUT2D eigenvalue weighted by atomic mass is 10.1. The van der Waals surface area contributed by atoms with Crippen molar-refractivity contribution in [1.29, 1.82) is 0 Å². The van der Waals surface area contributed by atoms with Gasteiger partial charge in [-0.2, -0.15) is 4.72 Å². The van der Waals surface area contributed by atoms with E-state index in [1.165, 1.54) is 30.3 Å². The summed E-state index contributed by atoms with van der Waals surface area (Å²) in [5, 5.41) is 0.0106. The quantitative estimate of drug-likeness (QED) is 0.729. The maximum Gasteiger partial charge on any atom is 0.347 e. The van der Waals surface area contributed by atoms with Gasteiger partial charge in [-0.05, 0) is 24.3 Å². The van der Waals surface area contributed by atoms with Gasteiger partial charge in [0.1, 0.15) is 11.4 Å². The van der Waals surface area contributed by atoms with E-state index in [0.29, 0.717) is 0 Å². The average molecular weight is 429 g/mol. The fourth-order valence-electron chi connectivity index (χ4n) is 2.35. The topological polar surface area (TPSA) is 110 Å².